The van der Waals surface area contributed by atoms with Crippen LogP contribution in [-0.2, 0) is 5.75 Å². The number of hydrogen-bond donors (Lipinski definition) is 1. The summed E-state index contributed by atoms with van der Waals surface area (Å²) in [5.41, 5.74) is 2.54. The third-order valence-corrected chi connectivity index (χ3v) is 5.09. The average Bonchev–Trinajstić information content (AvgIpc) is 2.59. The maximum absolute atomic E-state index is 12.0. The zero-order valence-electron chi connectivity index (χ0n) is 14.9. The van der Waals surface area contributed by atoms with Crippen molar-refractivity contribution in [2.75, 3.05) is 37.6 Å². The lowest BCUT2D eigenvalue weighted by atomic mass is 10.3. The van der Waals surface area contributed by atoms with Crippen molar-refractivity contribution < 1.29 is 0 Å². The van der Waals surface area contributed by atoms with Gasteiger partial charge in [0.1, 0.15) is 0 Å². The normalized spacial score (nSPS) is 15.6. The molecule has 1 saturated heterocycles. The molecule has 0 amide bonds. The lowest BCUT2D eigenvalue weighted by molar-refractivity contribution is 0.270. The monoisotopic (exact) mass is 360 g/mol. The highest BCUT2D eigenvalue weighted by atomic mass is 32.2. The van der Waals surface area contributed by atoms with E-state index in [-0.39, 0.29) is 5.56 Å². The molecule has 2 aromatic heterocycles. The Kier molecular flexibility index (Phi) is 5.70. The summed E-state index contributed by atoms with van der Waals surface area (Å²) in [6, 6.07) is 3.50. The predicted molar refractivity (Wildman–Crippen MR) is 100 cm³/mol. The summed E-state index contributed by atoms with van der Waals surface area (Å²) in [4.78, 5) is 32.9. The molecule has 3 rings (SSSR count). The molecular formula is C17H24N6OS. The minimum absolute atomic E-state index is 0.111. The Morgan fingerprint density at radius 3 is 2.40 bits per heavy atom. The van der Waals surface area contributed by atoms with Crippen molar-refractivity contribution in [3.8, 4) is 0 Å². The van der Waals surface area contributed by atoms with Crippen molar-refractivity contribution >= 4 is 17.7 Å². The minimum Gasteiger partial charge on any atom is -0.340 e. The summed E-state index contributed by atoms with van der Waals surface area (Å²) >= 11 is 1.51. The molecule has 1 N–H and O–H groups in total. The van der Waals surface area contributed by atoms with Gasteiger partial charge < -0.3 is 9.80 Å². The number of nitrogens with zero attached hydrogens (tertiary/aromatic N) is 5. The van der Waals surface area contributed by atoms with Crippen LogP contribution in [0.2, 0.25) is 0 Å². The molecule has 2 aromatic rings. The zero-order chi connectivity index (χ0) is 17.8. The van der Waals surface area contributed by atoms with Crippen LogP contribution < -0.4 is 10.5 Å². The Bertz CT molecular complexity index is 765. The number of anilines is 1. The standard InChI is InChI=1S/C17H24N6OS/c1-4-22-5-7-23(8-6-22)16-20-14(10-15(24)21-16)11-25-17-18-12(2)9-13(3)19-17/h9-10H,4-8,11H2,1-3H3,(H,20,21,24). The third-order valence-electron chi connectivity index (χ3n) is 4.21. The number of piperazine rings is 1. The van der Waals surface area contributed by atoms with Gasteiger partial charge in [-0.1, -0.05) is 18.7 Å². The number of hydrogen-bond acceptors (Lipinski definition) is 7. The molecule has 0 spiro atoms. The molecule has 8 heteroatoms. The maximum Gasteiger partial charge on any atom is 0.252 e. The van der Waals surface area contributed by atoms with E-state index >= 15 is 0 Å². The summed E-state index contributed by atoms with van der Waals surface area (Å²) in [5.74, 6) is 1.24. The molecule has 134 valence electrons. The number of aromatic amines is 1. The van der Waals surface area contributed by atoms with Crippen LogP contribution in [0.3, 0.4) is 0 Å². The molecule has 0 saturated carbocycles. The summed E-state index contributed by atoms with van der Waals surface area (Å²) < 4.78 is 0. The molecule has 0 radical (unpaired) electrons. The van der Waals surface area contributed by atoms with Gasteiger partial charge in [-0.15, -0.1) is 0 Å². The largest absolute Gasteiger partial charge is 0.340 e. The number of rotatable bonds is 5. The van der Waals surface area contributed by atoms with Crippen molar-refractivity contribution in [2.24, 2.45) is 0 Å². The van der Waals surface area contributed by atoms with Gasteiger partial charge in [0.2, 0.25) is 5.95 Å². The number of H-pyrrole nitrogens is 1. The molecule has 0 atom stereocenters. The first kappa shape index (κ1) is 17.9. The summed E-state index contributed by atoms with van der Waals surface area (Å²) in [6.45, 7) is 10.9. The van der Waals surface area contributed by atoms with E-state index in [0.717, 1.165) is 55.0 Å². The fourth-order valence-corrected chi connectivity index (χ4v) is 3.73. The smallest absolute Gasteiger partial charge is 0.252 e. The number of aryl methyl sites for hydroxylation is 2. The highest BCUT2D eigenvalue weighted by molar-refractivity contribution is 7.98. The Balaban J connectivity index is 1.70. The van der Waals surface area contributed by atoms with Gasteiger partial charge in [0, 0.05) is 49.4 Å². The molecule has 25 heavy (non-hydrogen) atoms. The van der Waals surface area contributed by atoms with Crippen LogP contribution >= 0.6 is 11.8 Å². The van der Waals surface area contributed by atoms with Gasteiger partial charge in [0.15, 0.2) is 5.16 Å². The second-order valence-corrected chi connectivity index (χ2v) is 7.15. The second-order valence-electron chi connectivity index (χ2n) is 6.20. The van der Waals surface area contributed by atoms with Gasteiger partial charge in [-0.3, -0.25) is 9.78 Å². The summed E-state index contributed by atoms with van der Waals surface area (Å²) in [5, 5.41) is 0.720. The third kappa shape index (κ3) is 4.79. The van der Waals surface area contributed by atoms with Crippen molar-refractivity contribution in [1.29, 1.82) is 0 Å². The molecule has 0 bridgehead atoms. The number of aromatic nitrogens is 4. The predicted octanol–water partition coefficient (Wildman–Crippen LogP) is 1.61. The highest BCUT2D eigenvalue weighted by Crippen LogP contribution is 2.19. The quantitative estimate of drug-likeness (QED) is 0.641. The Labute approximate surface area is 151 Å². The van der Waals surface area contributed by atoms with E-state index in [9.17, 15) is 4.79 Å². The number of likely N-dealkylation sites (N-methyl/N-ethyl adjacent to an activating group) is 1. The van der Waals surface area contributed by atoms with Gasteiger partial charge in [0.05, 0.1) is 5.69 Å². The van der Waals surface area contributed by atoms with Gasteiger partial charge in [-0.2, -0.15) is 0 Å². The van der Waals surface area contributed by atoms with Crippen LogP contribution in [0, 0.1) is 13.8 Å². The van der Waals surface area contributed by atoms with Crippen molar-refractivity contribution in [1.82, 2.24) is 24.8 Å². The first-order valence-electron chi connectivity index (χ1n) is 8.56. The van der Waals surface area contributed by atoms with Crippen LogP contribution in [0.1, 0.15) is 24.0 Å². The van der Waals surface area contributed by atoms with E-state index in [4.69, 9.17) is 0 Å². The molecule has 1 aliphatic heterocycles. The van der Waals surface area contributed by atoms with Crippen LogP contribution in [0.4, 0.5) is 5.95 Å². The lowest BCUT2D eigenvalue weighted by Crippen LogP contribution is -2.47. The van der Waals surface area contributed by atoms with Gasteiger partial charge in [0.25, 0.3) is 5.56 Å². The molecule has 3 heterocycles. The van der Waals surface area contributed by atoms with E-state index in [1.54, 1.807) is 6.07 Å². The Hall–Kier alpha value is -1.93. The first-order valence-corrected chi connectivity index (χ1v) is 9.54. The zero-order valence-corrected chi connectivity index (χ0v) is 15.8. The van der Waals surface area contributed by atoms with Crippen molar-refractivity contribution in [3.05, 3.63) is 39.6 Å². The molecular weight excluding hydrogens is 336 g/mol. The molecule has 1 aliphatic rings. The lowest BCUT2D eigenvalue weighted by Gasteiger charge is -2.34. The van der Waals surface area contributed by atoms with Crippen LogP contribution in [0.5, 0.6) is 0 Å². The highest BCUT2D eigenvalue weighted by Gasteiger charge is 2.18. The van der Waals surface area contributed by atoms with E-state index in [1.165, 1.54) is 11.8 Å². The van der Waals surface area contributed by atoms with Gasteiger partial charge in [-0.05, 0) is 26.5 Å². The van der Waals surface area contributed by atoms with Crippen molar-refractivity contribution in [3.63, 3.8) is 0 Å². The number of nitrogens with one attached hydrogen (secondary N) is 1. The first-order chi connectivity index (χ1) is 12.0. The maximum atomic E-state index is 12.0. The van der Waals surface area contributed by atoms with E-state index in [1.807, 2.05) is 19.9 Å². The van der Waals surface area contributed by atoms with Crippen LogP contribution in [0.15, 0.2) is 22.1 Å². The van der Waals surface area contributed by atoms with Crippen LogP contribution in [0.25, 0.3) is 0 Å². The van der Waals surface area contributed by atoms with Gasteiger partial charge in [-0.25, -0.2) is 15.0 Å². The average molecular weight is 360 g/mol. The Morgan fingerprint density at radius 2 is 1.76 bits per heavy atom. The van der Waals surface area contributed by atoms with E-state index < -0.39 is 0 Å². The SMILES string of the molecule is CCN1CCN(c2nc(CSc3nc(C)cc(C)n3)cc(=O)[nH]2)CC1. The van der Waals surface area contributed by atoms with E-state index in [0.29, 0.717) is 11.7 Å². The molecule has 7 nitrogen and oxygen atoms in total. The molecule has 0 aromatic carbocycles. The van der Waals surface area contributed by atoms with Crippen LogP contribution in [-0.4, -0.2) is 57.6 Å². The minimum atomic E-state index is -0.111. The van der Waals surface area contributed by atoms with Crippen molar-refractivity contribution in [2.45, 2.75) is 31.7 Å². The Morgan fingerprint density at radius 1 is 1.08 bits per heavy atom. The summed E-state index contributed by atoms with van der Waals surface area (Å²) in [6.07, 6.45) is 0. The fourth-order valence-electron chi connectivity index (χ4n) is 2.89. The molecule has 0 aliphatic carbocycles. The second kappa shape index (κ2) is 7.97. The number of thioether (sulfide) groups is 1. The topological polar surface area (TPSA) is 78.0 Å². The van der Waals surface area contributed by atoms with Gasteiger partial charge >= 0.3 is 0 Å². The molecule has 1 fully saturated rings. The van der Waals surface area contributed by atoms with E-state index in [2.05, 4.69) is 36.7 Å². The molecule has 0 unspecified atom stereocenters. The fraction of sp³-hybridized carbons (Fsp3) is 0.529. The summed E-state index contributed by atoms with van der Waals surface area (Å²) in [7, 11) is 0.